The van der Waals surface area contributed by atoms with Crippen LogP contribution in [0.15, 0.2) is 29.4 Å². The first kappa shape index (κ1) is 21.5. The lowest BCUT2D eigenvalue weighted by Gasteiger charge is -2.28. The van der Waals surface area contributed by atoms with Gasteiger partial charge in [-0.15, -0.1) is 0 Å². The van der Waals surface area contributed by atoms with Crippen molar-refractivity contribution in [1.29, 1.82) is 0 Å². The van der Waals surface area contributed by atoms with Gasteiger partial charge in [-0.25, -0.2) is 4.68 Å². The van der Waals surface area contributed by atoms with Gasteiger partial charge in [-0.1, -0.05) is 5.16 Å². The third-order valence-electron chi connectivity index (χ3n) is 4.93. The van der Waals surface area contributed by atoms with Crippen LogP contribution in [0, 0.1) is 0 Å². The Morgan fingerprint density at radius 2 is 2.00 bits per heavy atom. The minimum absolute atomic E-state index is 0.0618. The lowest BCUT2D eigenvalue weighted by Crippen LogP contribution is -2.39. The van der Waals surface area contributed by atoms with E-state index in [1.54, 1.807) is 24.3 Å². The van der Waals surface area contributed by atoms with Crippen LogP contribution in [0.1, 0.15) is 41.0 Å². The second-order valence-corrected chi connectivity index (χ2v) is 6.87. The van der Waals surface area contributed by atoms with Gasteiger partial charge in [0.15, 0.2) is 5.69 Å². The van der Waals surface area contributed by atoms with E-state index in [1.807, 2.05) is 0 Å². The molecule has 0 unspecified atom stereocenters. The van der Waals surface area contributed by atoms with Crippen LogP contribution in [0.25, 0.3) is 5.69 Å². The van der Waals surface area contributed by atoms with Crippen LogP contribution in [-0.4, -0.2) is 51.8 Å². The number of hydrogen-bond acceptors (Lipinski definition) is 5. The van der Waals surface area contributed by atoms with Crippen molar-refractivity contribution in [3.63, 3.8) is 0 Å². The van der Waals surface area contributed by atoms with E-state index < -0.39 is 17.8 Å². The fourth-order valence-corrected chi connectivity index (χ4v) is 3.42. The SMILES string of the molecule is COc1ccc(-n2nc(C(F)(F)F)c3c2C(=O)N(CCCC/C(N)=N/O)CC3)cc1. The maximum atomic E-state index is 13.5. The predicted molar refractivity (Wildman–Crippen MR) is 102 cm³/mol. The Morgan fingerprint density at radius 1 is 1.30 bits per heavy atom. The third-order valence-corrected chi connectivity index (χ3v) is 4.93. The number of halogens is 3. The van der Waals surface area contributed by atoms with E-state index in [0.29, 0.717) is 37.2 Å². The second kappa shape index (κ2) is 8.64. The number of benzene rings is 1. The highest BCUT2D eigenvalue weighted by atomic mass is 19.4. The van der Waals surface area contributed by atoms with E-state index in [2.05, 4.69) is 10.3 Å². The number of hydrogen-bond donors (Lipinski definition) is 2. The van der Waals surface area contributed by atoms with Crippen molar-refractivity contribution in [1.82, 2.24) is 14.7 Å². The van der Waals surface area contributed by atoms with Crippen LogP contribution in [0.5, 0.6) is 5.75 Å². The van der Waals surface area contributed by atoms with Gasteiger partial charge in [0, 0.05) is 25.1 Å². The lowest BCUT2D eigenvalue weighted by atomic mass is 10.0. The molecule has 2 aromatic rings. The number of aromatic nitrogens is 2. The van der Waals surface area contributed by atoms with Crippen molar-refractivity contribution in [2.45, 2.75) is 31.9 Å². The molecule has 8 nitrogen and oxygen atoms in total. The molecule has 1 aromatic carbocycles. The summed E-state index contributed by atoms with van der Waals surface area (Å²) >= 11 is 0. The molecule has 162 valence electrons. The highest BCUT2D eigenvalue weighted by molar-refractivity contribution is 5.96. The number of carbonyl (C=O) groups is 1. The van der Waals surface area contributed by atoms with Crippen LogP contribution < -0.4 is 10.5 Å². The molecule has 11 heteroatoms. The van der Waals surface area contributed by atoms with E-state index in [9.17, 15) is 18.0 Å². The minimum atomic E-state index is -4.66. The Hall–Kier alpha value is -3.24. The molecule has 0 spiro atoms. The summed E-state index contributed by atoms with van der Waals surface area (Å²) in [5.74, 6) is 0.128. The van der Waals surface area contributed by atoms with Crippen molar-refractivity contribution in [3.8, 4) is 11.4 Å². The summed E-state index contributed by atoms with van der Waals surface area (Å²) < 4.78 is 46.8. The molecule has 0 radical (unpaired) electrons. The molecule has 2 heterocycles. The summed E-state index contributed by atoms with van der Waals surface area (Å²) in [6, 6.07) is 6.29. The monoisotopic (exact) mass is 425 g/mol. The molecule has 0 saturated carbocycles. The highest BCUT2D eigenvalue weighted by Gasteiger charge is 2.43. The number of alkyl halides is 3. The number of ether oxygens (including phenoxy) is 1. The van der Waals surface area contributed by atoms with E-state index >= 15 is 0 Å². The van der Waals surface area contributed by atoms with Crippen LogP contribution in [0.2, 0.25) is 0 Å². The van der Waals surface area contributed by atoms with Crippen LogP contribution in [0.4, 0.5) is 13.2 Å². The molecule has 0 fully saturated rings. The van der Waals surface area contributed by atoms with E-state index in [0.717, 1.165) is 4.68 Å². The fourth-order valence-electron chi connectivity index (χ4n) is 3.42. The summed E-state index contributed by atoms with van der Waals surface area (Å²) in [6.07, 6.45) is -3.08. The van der Waals surface area contributed by atoms with Crippen molar-refractivity contribution in [2.24, 2.45) is 10.9 Å². The van der Waals surface area contributed by atoms with Crippen LogP contribution in [0.3, 0.4) is 0 Å². The van der Waals surface area contributed by atoms with Crippen LogP contribution >= 0.6 is 0 Å². The van der Waals surface area contributed by atoms with Gasteiger partial charge in [0.2, 0.25) is 0 Å². The van der Waals surface area contributed by atoms with Gasteiger partial charge >= 0.3 is 6.18 Å². The lowest BCUT2D eigenvalue weighted by molar-refractivity contribution is -0.142. The third kappa shape index (κ3) is 4.34. The largest absolute Gasteiger partial charge is 0.497 e. The molecular weight excluding hydrogens is 403 g/mol. The molecule has 3 rings (SSSR count). The summed E-state index contributed by atoms with van der Waals surface area (Å²) in [5.41, 5.74) is 4.57. The number of rotatable bonds is 7. The first-order valence-electron chi connectivity index (χ1n) is 9.35. The molecule has 0 aliphatic carbocycles. The highest BCUT2D eigenvalue weighted by Crippen LogP contribution is 2.36. The van der Waals surface area contributed by atoms with Crippen LogP contribution in [-0.2, 0) is 12.6 Å². The van der Waals surface area contributed by atoms with Gasteiger partial charge < -0.3 is 20.6 Å². The normalized spacial score (nSPS) is 14.7. The summed E-state index contributed by atoms with van der Waals surface area (Å²) in [5, 5.41) is 15.2. The van der Waals surface area contributed by atoms with Gasteiger partial charge in [0.25, 0.3) is 5.91 Å². The number of methoxy groups -OCH3 is 1. The summed E-state index contributed by atoms with van der Waals surface area (Å²) in [7, 11) is 1.48. The number of amides is 1. The summed E-state index contributed by atoms with van der Waals surface area (Å²) in [4.78, 5) is 14.6. The molecule has 1 aliphatic heterocycles. The zero-order chi connectivity index (χ0) is 21.9. The summed E-state index contributed by atoms with van der Waals surface area (Å²) in [6.45, 7) is 0.527. The average Bonchev–Trinajstić information content (AvgIpc) is 3.13. The predicted octanol–water partition coefficient (Wildman–Crippen LogP) is 2.81. The fraction of sp³-hybridized carbons (Fsp3) is 0.421. The maximum absolute atomic E-state index is 13.5. The topological polar surface area (TPSA) is 106 Å². The minimum Gasteiger partial charge on any atom is -0.497 e. The molecule has 1 aliphatic rings. The Bertz CT molecular complexity index is 938. The molecule has 1 aromatic heterocycles. The molecule has 3 N–H and O–H groups in total. The number of amidine groups is 1. The van der Waals surface area contributed by atoms with E-state index in [-0.39, 0.29) is 30.1 Å². The Balaban J connectivity index is 1.90. The second-order valence-electron chi connectivity index (χ2n) is 6.87. The average molecular weight is 425 g/mol. The molecule has 1 amide bonds. The van der Waals surface area contributed by atoms with Gasteiger partial charge in [0.05, 0.1) is 12.8 Å². The van der Waals surface area contributed by atoms with Crippen molar-refractivity contribution in [3.05, 3.63) is 41.2 Å². The quantitative estimate of drug-likeness (QED) is 0.233. The van der Waals surface area contributed by atoms with E-state index in [4.69, 9.17) is 15.7 Å². The number of fused-ring (bicyclic) bond motifs is 1. The molecule has 0 atom stereocenters. The Kier molecular flexibility index (Phi) is 6.18. The zero-order valence-corrected chi connectivity index (χ0v) is 16.3. The number of unbranched alkanes of at least 4 members (excludes halogenated alkanes) is 1. The van der Waals surface area contributed by atoms with E-state index in [1.165, 1.54) is 12.0 Å². The van der Waals surface area contributed by atoms with Crippen molar-refractivity contribution in [2.75, 3.05) is 20.2 Å². The smallest absolute Gasteiger partial charge is 0.435 e. The number of carbonyl (C=O) groups excluding carboxylic acids is 1. The van der Waals surface area contributed by atoms with Gasteiger partial charge in [-0.3, -0.25) is 4.79 Å². The van der Waals surface area contributed by atoms with Crippen molar-refractivity contribution >= 4 is 11.7 Å². The van der Waals surface area contributed by atoms with Gasteiger partial charge in [-0.2, -0.15) is 18.3 Å². The molecule has 30 heavy (non-hydrogen) atoms. The standard InChI is InChI=1S/C19H22F3N5O3/c1-30-13-7-5-12(6-8-13)27-16-14(17(24-27)19(20,21)22)9-11-26(18(16)28)10-3-2-4-15(23)25-29/h5-8,29H,2-4,9-11H2,1H3,(H2,23,25). The number of nitrogens with two attached hydrogens (primary N) is 1. The maximum Gasteiger partial charge on any atom is 0.435 e. The first-order valence-corrected chi connectivity index (χ1v) is 9.35. The Morgan fingerprint density at radius 3 is 2.60 bits per heavy atom. The van der Waals surface area contributed by atoms with Crippen molar-refractivity contribution < 1.29 is 27.9 Å². The molecule has 0 bridgehead atoms. The number of nitrogens with zero attached hydrogens (tertiary/aromatic N) is 4. The molecule has 0 saturated heterocycles. The zero-order valence-electron chi connectivity index (χ0n) is 16.3. The molecular formula is C19H22F3N5O3. The Labute approximate surface area is 170 Å². The van der Waals surface area contributed by atoms with Gasteiger partial charge in [0.1, 0.15) is 17.3 Å². The number of oxime groups is 1. The van der Waals surface area contributed by atoms with Gasteiger partial charge in [-0.05, 0) is 43.5 Å². The first-order chi connectivity index (χ1) is 14.3.